The first kappa shape index (κ1) is 20.0. The number of aryl methyl sites for hydroxylation is 2. The summed E-state index contributed by atoms with van der Waals surface area (Å²) in [6.45, 7) is 7.97. The van der Waals surface area contributed by atoms with Gasteiger partial charge in [-0.05, 0) is 44.0 Å². The maximum Gasteiger partial charge on any atom is 0.145 e. The van der Waals surface area contributed by atoms with Gasteiger partial charge in [-0.25, -0.2) is 0 Å². The van der Waals surface area contributed by atoms with Gasteiger partial charge in [0.25, 0.3) is 0 Å². The molecule has 0 bridgehead atoms. The Morgan fingerprint density at radius 1 is 0.760 bits per heavy atom. The Kier molecular flexibility index (Phi) is 7.11. The predicted molar refractivity (Wildman–Crippen MR) is 105 cm³/mol. The molecule has 0 saturated heterocycles. The van der Waals surface area contributed by atoms with Gasteiger partial charge in [-0.15, -0.1) is 0 Å². The first-order chi connectivity index (χ1) is 11.8. The van der Waals surface area contributed by atoms with E-state index in [9.17, 15) is 8.42 Å². The van der Waals surface area contributed by atoms with Crippen LogP contribution in [0.15, 0.2) is 58.3 Å². The largest absolute Gasteiger partial charge is 0.379 e. The van der Waals surface area contributed by atoms with Gasteiger partial charge in [-0.3, -0.25) is 8.42 Å². The van der Waals surface area contributed by atoms with Gasteiger partial charge >= 0.3 is 0 Å². The zero-order chi connectivity index (χ0) is 18.6. The Bertz CT molecular complexity index is 679. The van der Waals surface area contributed by atoms with Crippen molar-refractivity contribution < 1.29 is 13.2 Å². The molecule has 3 nitrogen and oxygen atoms in total. The van der Waals surface area contributed by atoms with E-state index in [1.165, 1.54) is 0 Å². The third-order valence-corrected chi connectivity index (χ3v) is 8.03. The van der Waals surface area contributed by atoms with Gasteiger partial charge in [-0.1, -0.05) is 49.2 Å². The van der Waals surface area contributed by atoms with Crippen LogP contribution in [0.25, 0.3) is 0 Å². The fraction of sp³-hybridized carbons (Fsp3) is 0.400. The average Bonchev–Trinajstić information content (AvgIpc) is 2.59. The van der Waals surface area contributed by atoms with E-state index in [-0.39, 0.29) is 12.0 Å². The van der Waals surface area contributed by atoms with Crippen LogP contribution in [-0.4, -0.2) is 26.2 Å². The van der Waals surface area contributed by atoms with Crippen molar-refractivity contribution >= 4 is 21.6 Å². The van der Waals surface area contributed by atoms with Gasteiger partial charge in [0.15, 0.2) is 0 Å². The van der Waals surface area contributed by atoms with Crippen LogP contribution >= 0.6 is 0 Å². The molecule has 2 rings (SSSR count). The minimum atomic E-state index is -1.44. The van der Waals surface area contributed by atoms with Crippen molar-refractivity contribution in [1.29, 1.82) is 0 Å². The van der Waals surface area contributed by atoms with Gasteiger partial charge in [0.1, 0.15) is 4.58 Å². The molecule has 0 aliphatic heterocycles. The molecule has 2 aromatic rings. The zero-order valence-corrected chi connectivity index (χ0v) is 17.0. The second-order valence-electron chi connectivity index (χ2n) is 6.53. The van der Waals surface area contributed by atoms with E-state index in [0.29, 0.717) is 9.79 Å². The number of hydrogen-bond donors (Lipinski definition) is 0. The van der Waals surface area contributed by atoms with Crippen molar-refractivity contribution in [3.63, 3.8) is 0 Å². The quantitative estimate of drug-likeness (QED) is 0.725. The van der Waals surface area contributed by atoms with Gasteiger partial charge in [0, 0.05) is 16.9 Å². The molecule has 5 heteroatoms. The van der Waals surface area contributed by atoms with E-state index >= 15 is 0 Å². The Morgan fingerprint density at radius 2 is 1.12 bits per heavy atom. The van der Waals surface area contributed by atoms with Crippen molar-refractivity contribution in [2.75, 3.05) is 7.11 Å². The van der Waals surface area contributed by atoms with Crippen LogP contribution in [0.1, 0.15) is 25.0 Å². The second-order valence-corrected chi connectivity index (χ2v) is 9.98. The maximum atomic E-state index is 13.3. The Balaban J connectivity index is 2.45. The third kappa shape index (κ3) is 4.87. The number of hydrogen-bond acceptors (Lipinski definition) is 3. The predicted octanol–water partition coefficient (Wildman–Crippen LogP) is 4.22. The summed E-state index contributed by atoms with van der Waals surface area (Å²) in [5.74, 6) is 0.0961. The molecule has 0 N–H and O–H groups in total. The van der Waals surface area contributed by atoms with Gasteiger partial charge in [0.2, 0.25) is 0 Å². The molecular formula is C20H26O3S2. The van der Waals surface area contributed by atoms with Gasteiger partial charge in [-0.2, -0.15) is 0 Å². The topological polar surface area (TPSA) is 43.4 Å². The Labute approximate surface area is 155 Å². The SMILES string of the molecule is CO[C@@H](C(C)C)C(S(=O)c1ccc(C)cc1)S(=O)c1ccc(C)cc1. The first-order valence-corrected chi connectivity index (χ1v) is 10.7. The molecule has 25 heavy (non-hydrogen) atoms. The number of methoxy groups -OCH3 is 1. The molecule has 0 aliphatic rings. The normalized spacial score (nSPS) is 16.4. The molecule has 0 heterocycles. The summed E-state index contributed by atoms with van der Waals surface area (Å²) < 4.78 is 31.6. The summed E-state index contributed by atoms with van der Waals surface area (Å²) in [7, 11) is -1.29. The zero-order valence-electron chi connectivity index (χ0n) is 15.4. The second kappa shape index (κ2) is 8.88. The van der Waals surface area contributed by atoms with E-state index in [4.69, 9.17) is 4.74 Å². The van der Waals surface area contributed by atoms with E-state index in [1.54, 1.807) is 7.11 Å². The highest BCUT2D eigenvalue weighted by molar-refractivity contribution is 8.03. The highest BCUT2D eigenvalue weighted by Crippen LogP contribution is 2.27. The molecule has 0 aromatic heterocycles. The fourth-order valence-electron chi connectivity index (χ4n) is 2.63. The first-order valence-electron chi connectivity index (χ1n) is 8.32. The third-order valence-electron chi connectivity index (χ3n) is 4.13. The molecule has 0 aliphatic carbocycles. The molecule has 2 unspecified atom stereocenters. The molecule has 0 saturated carbocycles. The summed E-state index contributed by atoms with van der Waals surface area (Å²) in [5.41, 5.74) is 2.20. The van der Waals surface area contributed by atoms with Crippen LogP contribution in [0.4, 0.5) is 0 Å². The summed E-state index contributed by atoms with van der Waals surface area (Å²) in [6.07, 6.45) is -0.371. The van der Waals surface area contributed by atoms with Crippen molar-refractivity contribution in [3.8, 4) is 0 Å². The number of ether oxygens (including phenoxy) is 1. The van der Waals surface area contributed by atoms with Crippen LogP contribution in [-0.2, 0) is 26.3 Å². The highest BCUT2D eigenvalue weighted by atomic mass is 32.2. The van der Waals surface area contributed by atoms with Crippen molar-refractivity contribution in [2.45, 2.75) is 48.2 Å². The fourth-order valence-corrected chi connectivity index (χ4v) is 6.62. The Hall–Kier alpha value is -1.30. The minimum Gasteiger partial charge on any atom is -0.379 e. The monoisotopic (exact) mass is 378 g/mol. The van der Waals surface area contributed by atoms with Crippen LogP contribution in [0.5, 0.6) is 0 Å². The van der Waals surface area contributed by atoms with Crippen molar-refractivity contribution in [3.05, 3.63) is 59.7 Å². The Morgan fingerprint density at radius 3 is 1.40 bits per heavy atom. The van der Waals surface area contributed by atoms with E-state index in [2.05, 4.69) is 0 Å². The van der Waals surface area contributed by atoms with Crippen LogP contribution in [0.3, 0.4) is 0 Å². The molecule has 136 valence electrons. The summed E-state index contributed by atoms with van der Waals surface area (Å²) in [6, 6.07) is 15.1. The van der Waals surface area contributed by atoms with E-state index < -0.39 is 26.2 Å². The van der Waals surface area contributed by atoms with E-state index in [0.717, 1.165) is 11.1 Å². The molecule has 2 aromatic carbocycles. The van der Waals surface area contributed by atoms with Crippen LogP contribution < -0.4 is 0 Å². The number of rotatable bonds is 7. The molecule has 0 amide bonds. The van der Waals surface area contributed by atoms with Crippen molar-refractivity contribution in [1.82, 2.24) is 0 Å². The highest BCUT2D eigenvalue weighted by Gasteiger charge is 2.36. The van der Waals surface area contributed by atoms with E-state index in [1.807, 2.05) is 76.2 Å². The summed E-state index contributed by atoms with van der Waals surface area (Å²) in [4.78, 5) is 1.36. The minimum absolute atomic E-state index is 0.0961. The lowest BCUT2D eigenvalue weighted by atomic mass is 10.1. The standard InChI is InChI=1S/C20H26O3S2/c1-14(2)19(23-5)20(24(21)17-10-6-15(3)7-11-17)25(22)18-12-8-16(4)9-13-18/h6-14,19-20H,1-5H3/t19-,20?,24?,25?/m0/s1. The number of benzene rings is 2. The summed E-state index contributed by atoms with van der Waals surface area (Å²) >= 11 is 0. The smallest absolute Gasteiger partial charge is 0.145 e. The molecule has 3 atom stereocenters. The summed E-state index contributed by atoms with van der Waals surface area (Å²) in [5, 5.41) is 0. The molecular weight excluding hydrogens is 352 g/mol. The van der Waals surface area contributed by atoms with Crippen LogP contribution in [0, 0.1) is 19.8 Å². The van der Waals surface area contributed by atoms with Gasteiger partial charge in [0.05, 0.1) is 27.7 Å². The lowest BCUT2D eigenvalue weighted by molar-refractivity contribution is 0.0767. The lowest BCUT2D eigenvalue weighted by Crippen LogP contribution is -2.39. The van der Waals surface area contributed by atoms with Gasteiger partial charge < -0.3 is 4.74 Å². The lowest BCUT2D eigenvalue weighted by Gasteiger charge is -2.28. The maximum absolute atomic E-state index is 13.3. The molecule has 0 fully saturated rings. The molecule has 0 spiro atoms. The van der Waals surface area contributed by atoms with Crippen molar-refractivity contribution in [2.24, 2.45) is 5.92 Å². The van der Waals surface area contributed by atoms with Crippen LogP contribution in [0.2, 0.25) is 0 Å². The average molecular weight is 379 g/mol. The molecule has 0 radical (unpaired) electrons.